The molecule has 1 spiro atoms. The lowest BCUT2D eigenvalue weighted by molar-refractivity contribution is 0.803. The molecule has 0 heterocycles. The van der Waals surface area contributed by atoms with E-state index in [1.54, 1.807) is 0 Å². The van der Waals surface area contributed by atoms with Crippen molar-refractivity contribution >= 4 is 64.6 Å². The molecule has 0 N–H and O–H groups in total. The van der Waals surface area contributed by atoms with Crippen molar-refractivity contribution in [3.05, 3.63) is 265 Å². The molecule has 67 heavy (non-hydrogen) atoms. The van der Waals surface area contributed by atoms with E-state index < -0.39 is 5.41 Å². The molecule has 13 aromatic rings. The van der Waals surface area contributed by atoms with E-state index in [1.165, 1.54) is 143 Å². The summed E-state index contributed by atoms with van der Waals surface area (Å²) >= 11 is 0. The maximum atomic E-state index is 2.60. The van der Waals surface area contributed by atoms with Crippen LogP contribution < -0.4 is 0 Å². The van der Waals surface area contributed by atoms with Crippen LogP contribution >= 0.6 is 0 Å². The first kappa shape index (κ1) is 36.7. The van der Waals surface area contributed by atoms with Gasteiger partial charge in [-0.05, 0) is 161 Å². The van der Waals surface area contributed by atoms with Gasteiger partial charge in [0.15, 0.2) is 0 Å². The van der Waals surface area contributed by atoms with Crippen LogP contribution in [0.3, 0.4) is 0 Å². The lowest BCUT2D eigenvalue weighted by Gasteiger charge is -2.32. The molecule has 2 aliphatic carbocycles. The zero-order chi connectivity index (χ0) is 43.8. The van der Waals surface area contributed by atoms with Crippen molar-refractivity contribution in [1.29, 1.82) is 0 Å². The molecule has 0 bridgehead atoms. The molecule has 13 aromatic carbocycles. The highest BCUT2D eigenvalue weighted by atomic mass is 14.5. The van der Waals surface area contributed by atoms with Crippen LogP contribution in [0, 0.1) is 0 Å². The molecule has 0 heteroatoms. The normalized spacial score (nSPS) is 13.2. The molecular weight excluding hydrogens is 805 g/mol. The fourth-order valence-electron chi connectivity index (χ4n) is 12.8. The molecule has 0 radical (unpaired) electrons. The summed E-state index contributed by atoms with van der Waals surface area (Å²) in [7, 11) is 0. The van der Waals surface area contributed by atoms with Gasteiger partial charge < -0.3 is 0 Å². The van der Waals surface area contributed by atoms with Gasteiger partial charge in [-0.3, -0.25) is 0 Å². The van der Waals surface area contributed by atoms with Gasteiger partial charge in [-0.1, -0.05) is 224 Å². The second-order valence-corrected chi connectivity index (χ2v) is 18.6. The third-order valence-corrected chi connectivity index (χ3v) is 15.4. The van der Waals surface area contributed by atoms with Crippen molar-refractivity contribution in [2.75, 3.05) is 0 Å². The quantitative estimate of drug-likeness (QED) is 0.123. The number of hydrogen-bond donors (Lipinski definition) is 0. The Hall–Kier alpha value is -8.58. The Morgan fingerprint density at radius 1 is 0.209 bits per heavy atom. The monoisotopic (exact) mass is 844 g/mol. The standard InChI is InChI=1S/C67H40/c1-2-19-42-38-45(37-36-41(42)18-1)63-55-31-10-8-29-53(55)62(54-30-9-11-32-56(54)63)44-21-17-20-43(39-44)58-40-61-64(51-27-6-4-24-48(51)58)65-52-28-7-3-22-46(52)47-23-5-12-33-57(47)66(65)67(61)59-34-15-13-25-49(59)50-26-14-16-35-60(50)67/h1-40H. The van der Waals surface area contributed by atoms with Crippen LogP contribution in [0.5, 0.6) is 0 Å². The molecule has 0 aromatic heterocycles. The molecule has 0 saturated carbocycles. The largest absolute Gasteiger partial charge is 0.0732 e. The Morgan fingerprint density at radius 2 is 0.642 bits per heavy atom. The molecule has 0 atom stereocenters. The zero-order valence-electron chi connectivity index (χ0n) is 36.6. The van der Waals surface area contributed by atoms with Crippen molar-refractivity contribution in [3.8, 4) is 55.6 Å². The van der Waals surface area contributed by atoms with Gasteiger partial charge in [0, 0.05) is 0 Å². The minimum atomic E-state index is -0.539. The second kappa shape index (κ2) is 13.7. The number of rotatable bonds is 3. The van der Waals surface area contributed by atoms with Crippen molar-refractivity contribution in [2.24, 2.45) is 0 Å². The third-order valence-electron chi connectivity index (χ3n) is 15.4. The van der Waals surface area contributed by atoms with Crippen LogP contribution in [0.4, 0.5) is 0 Å². The van der Waals surface area contributed by atoms with E-state index in [9.17, 15) is 0 Å². The number of benzene rings is 13. The van der Waals surface area contributed by atoms with Gasteiger partial charge in [0.1, 0.15) is 0 Å². The summed E-state index contributed by atoms with van der Waals surface area (Å²) < 4.78 is 0. The Kier molecular flexibility index (Phi) is 7.52. The summed E-state index contributed by atoms with van der Waals surface area (Å²) in [4.78, 5) is 0. The van der Waals surface area contributed by atoms with E-state index in [-0.39, 0.29) is 0 Å². The maximum Gasteiger partial charge on any atom is 0.0732 e. The highest BCUT2D eigenvalue weighted by Crippen LogP contribution is 2.67. The van der Waals surface area contributed by atoms with Gasteiger partial charge in [0.05, 0.1) is 5.41 Å². The number of fused-ring (bicyclic) bond motifs is 20. The van der Waals surface area contributed by atoms with Crippen LogP contribution in [-0.2, 0) is 5.41 Å². The first-order valence-corrected chi connectivity index (χ1v) is 23.5. The van der Waals surface area contributed by atoms with Gasteiger partial charge in [-0.15, -0.1) is 0 Å². The highest BCUT2D eigenvalue weighted by molar-refractivity contribution is 6.25. The summed E-state index contributed by atoms with van der Waals surface area (Å²) in [6.07, 6.45) is 0. The molecule has 0 aliphatic heterocycles. The molecule has 0 unspecified atom stereocenters. The predicted molar refractivity (Wildman–Crippen MR) is 284 cm³/mol. The summed E-state index contributed by atoms with van der Waals surface area (Å²) in [6, 6.07) is 91.5. The minimum absolute atomic E-state index is 0.539. The molecule has 2 aliphatic rings. The van der Waals surface area contributed by atoms with Crippen LogP contribution in [-0.4, -0.2) is 0 Å². The van der Waals surface area contributed by atoms with E-state index in [0.717, 1.165) is 0 Å². The molecule has 0 nitrogen and oxygen atoms in total. The molecule has 308 valence electrons. The number of hydrogen-bond acceptors (Lipinski definition) is 0. The van der Waals surface area contributed by atoms with E-state index in [4.69, 9.17) is 0 Å². The third kappa shape index (κ3) is 4.86. The summed E-state index contributed by atoms with van der Waals surface area (Å²) in [5, 5.41) is 15.3. The first-order chi connectivity index (χ1) is 33.3. The fraction of sp³-hybridized carbons (Fsp3) is 0.0149. The van der Waals surface area contributed by atoms with Crippen LogP contribution in [0.15, 0.2) is 243 Å². The van der Waals surface area contributed by atoms with Crippen molar-refractivity contribution < 1.29 is 0 Å². The first-order valence-electron chi connectivity index (χ1n) is 23.5. The molecular formula is C67H40. The van der Waals surface area contributed by atoms with Crippen molar-refractivity contribution in [2.45, 2.75) is 5.41 Å². The minimum Gasteiger partial charge on any atom is -0.0619 e. The smallest absolute Gasteiger partial charge is 0.0619 e. The summed E-state index contributed by atoms with van der Waals surface area (Å²) in [5.74, 6) is 0. The zero-order valence-corrected chi connectivity index (χ0v) is 36.6. The second-order valence-electron chi connectivity index (χ2n) is 18.6. The van der Waals surface area contributed by atoms with E-state index in [0.29, 0.717) is 0 Å². The van der Waals surface area contributed by atoms with Crippen molar-refractivity contribution in [3.63, 3.8) is 0 Å². The molecule has 15 rings (SSSR count). The van der Waals surface area contributed by atoms with Crippen LogP contribution in [0.1, 0.15) is 22.3 Å². The maximum absolute atomic E-state index is 2.60. The Balaban J connectivity index is 1.04. The summed E-state index contributed by atoms with van der Waals surface area (Å²) in [5.41, 5.74) is 17.7. The average Bonchev–Trinajstić information content (AvgIpc) is 3.88. The lowest BCUT2D eigenvalue weighted by Crippen LogP contribution is -2.26. The fourth-order valence-corrected chi connectivity index (χ4v) is 12.8. The molecule has 0 fully saturated rings. The average molecular weight is 845 g/mol. The van der Waals surface area contributed by atoms with Crippen molar-refractivity contribution in [1.82, 2.24) is 0 Å². The van der Waals surface area contributed by atoms with Gasteiger partial charge in [0.25, 0.3) is 0 Å². The van der Waals surface area contributed by atoms with Gasteiger partial charge in [-0.25, -0.2) is 0 Å². The van der Waals surface area contributed by atoms with Gasteiger partial charge in [-0.2, -0.15) is 0 Å². The molecule has 0 saturated heterocycles. The lowest BCUT2D eigenvalue weighted by atomic mass is 9.68. The Bertz CT molecular complexity index is 4180. The summed E-state index contributed by atoms with van der Waals surface area (Å²) in [6.45, 7) is 0. The Labute approximate surface area is 388 Å². The van der Waals surface area contributed by atoms with Crippen LogP contribution in [0.25, 0.3) is 120 Å². The Morgan fingerprint density at radius 3 is 1.25 bits per heavy atom. The predicted octanol–water partition coefficient (Wildman–Crippen LogP) is 18.0. The van der Waals surface area contributed by atoms with E-state index >= 15 is 0 Å². The SMILES string of the molecule is c1cc(-c2cc3c(c4ccccc24)-c2c(c4ccccc4c4ccccc24)C32c3ccccc3-c3ccccc32)cc(-c2c3ccccc3c(-c3ccc4ccccc4c3)c3ccccc23)c1. The van der Waals surface area contributed by atoms with E-state index in [1.807, 2.05) is 0 Å². The van der Waals surface area contributed by atoms with E-state index in [2.05, 4.69) is 243 Å². The molecule has 0 amide bonds. The van der Waals surface area contributed by atoms with Gasteiger partial charge in [0.2, 0.25) is 0 Å². The van der Waals surface area contributed by atoms with Crippen LogP contribution in [0.2, 0.25) is 0 Å². The highest BCUT2D eigenvalue weighted by Gasteiger charge is 2.53. The topological polar surface area (TPSA) is 0 Å². The van der Waals surface area contributed by atoms with Gasteiger partial charge >= 0.3 is 0 Å².